The molecule has 0 bridgehead atoms. The number of likely N-dealkylation sites (tertiary alicyclic amines) is 1. The van der Waals surface area contributed by atoms with Gasteiger partial charge in [0.2, 0.25) is 5.95 Å². The first kappa shape index (κ1) is 29.3. The molecule has 4 heterocycles. The van der Waals surface area contributed by atoms with E-state index in [0.717, 1.165) is 56.4 Å². The Balaban J connectivity index is 1.41. The van der Waals surface area contributed by atoms with E-state index in [-0.39, 0.29) is 0 Å². The van der Waals surface area contributed by atoms with Gasteiger partial charge in [-0.2, -0.15) is 4.98 Å². The molecule has 2 saturated heterocycles. The van der Waals surface area contributed by atoms with Crippen LogP contribution in [-0.2, 0) is 11.3 Å². The Morgan fingerprint density at radius 1 is 0.976 bits per heavy atom. The Kier molecular flexibility index (Phi) is 8.58. The molecule has 2 aliphatic rings. The lowest BCUT2D eigenvalue weighted by Crippen LogP contribution is -2.41. The van der Waals surface area contributed by atoms with Gasteiger partial charge in [-0.25, -0.2) is 18.7 Å². The monoisotopic (exact) mass is 569 g/mol. The molecule has 0 radical (unpaired) electrons. The van der Waals surface area contributed by atoms with Crippen LogP contribution in [0.5, 0.6) is 0 Å². The van der Waals surface area contributed by atoms with Crippen LogP contribution >= 0.6 is 0 Å². The molecule has 0 amide bonds. The number of hydrogen-bond donors (Lipinski definition) is 3. The average molecular weight is 570 g/mol. The number of nitrogens with one attached hydrogen (secondary N) is 2. The standard InChI is InChI=1S/C30H41F2N7O2/c1-20(30(4,31)32)33-23-7-5-6-8-24(23)35-28-36-25-10-9-22(19-38-13-11-21(12-14-38)29(2,3)40)34-26(25)27(37-28)39-15-17-41-18-16-39/h5-10,20-21,33,40H,11-19H2,1-4H3,(H,35,36,37). The number of halogens is 2. The Hall–Kier alpha value is -3.15. The minimum atomic E-state index is -2.88. The highest BCUT2D eigenvalue weighted by Gasteiger charge is 2.31. The molecule has 0 aliphatic carbocycles. The molecular weight excluding hydrogens is 528 g/mol. The summed E-state index contributed by atoms with van der Waals surface area (Å²) in [7, 11) is 0. The third-order valence-electron chi connectivity index (χ3n) is 8.17. The summed E-state index contributed by atoms with van der Waals surface area (Å²) in [6.07, 6.45) is 1.92. The molecule has 5 rings (SSSR count). The number of aliphatic hydroxyl groups is 1. The zero-order chi connectivity index (χ0) is 29.2. The zero-order valence-corrected chi connectivity index (χ0v) is 24.3. The van der Waals surface area contributed by atoms with E-state index in [1.807, 2.05) is 38.1 Å². The smallest absolute Gasteiger partial charge is 0.264 e. The van der Waals surface area contributed by atoms with Gasteiger partial charge in [-0.05, 0) is 76.9 Å². The number of hydrogen-bond acceptors (Lipinski definition) is 9. The van der Waals surface area contributed by atoms with Crippen molar-refractivity contribution < 1.29 is 18.6 Å². The summed E-state index contributed by atoms with van der Waals surface area (Å²) in [4.78, 5) is 19.2. The van der Waals surface area contributed by atoms with Crippen LogP contribution in [0.2, 0.25) is 0 Å². The van der Waals surface area contributed by atoms with Gasteiger partial charge in [-0.15, -0.1) is 0 Å². The Bertz CT molecular complexity index is 1330. The minimum Gasteiger partial charge on any atom is -0.390 e. The number of aromatic nitrogens is 3. The van der Waals surface area contributed by atoms with Gasteiger partial charge in [-0.3, -0.25) is 4.90 Å². The number of rotatable bonds is 9. The summed E-state index contributed by atoms with van der Waals surface area (Å²) in [5, 5.41) is 16.6. The second-order valence-electron chi connectivity index (χ2n) is 11.8. The number of nitrogens with zero attached hydrogens (tertiary/aromatic N) is 5. The molecule has 11 heteroatoms. The van der Waals surface area contributed by atoms with Crippen molar-refractivity contribution in [2.45, 2.75) is 64.6 Å². The van der Waals surface area contributed by atoms with Gasteiger partial charge in [0.05, 0.1) is 47.4 Å². The molecule has 1 atom stereocenters. The number of fused-ring (bicyclic) bond motifs is 1. The van der Waals surface area contributed by atoms with E-state index in [1.54, 1.807) is 12.1 Å². The maximum absolute atomic E-state index is 13.9. The largest absolute Gasteiger partial charge is 0.390 e. The summed E-state index contributed by atoms with van der Waals surface area (Å²) >= 11 is 0. The van der Waals surface area contributed by atoms with Crippen molar-refractivity contribution in [2.24, 2.45) is 5.92 Å². The molecule has 3 N–H and O–H groups in total. The highest BCUT2D eigenvalue weighted by molar-refractivity contribution is 5.88. The van der Waals surface area contributed by atoms with Crippen LogP contribution in [0.4, 0.5) is 31.9 Å². The summed E-state index contributed by atoms with van der Waals surface area (Å²) < 4.78 is 33.4. The lowest BCUT2D eigenvalue weighted by Gasteiger charge is -2.37. The number of benzene rings is 1. The summed E-state index contributed by atoms with van der Waals surface area (Å²) in [6, 6.07) is 10.1. The molecule has 41 heavy (non-hydrogen) atoms. The first-order valence-corrected chi connectivity index (χ1v) is 14.4. The average Bonchev–Trinajstić information content (AvgIpc) is 2.93. The van der Waals surface area contributed by atoms with Gasteiger partial charge in [0.15, 0.2) is 5.82 Å². The van der Waals surface area contributed by atoms with Gasteiger partial charge >= 0.3 is 0 Å². The molecule has 1 aromatic carbocycles. The van der Waals surface area contributed by atoms with E-state index in [9.17, 15) is 13.9 Å². The van der Waals surface area contributed by atoms with Crippen LogP contribution in [0, 0.1) is 5.92 Å². The fourth-order valence-electron chi connectivity index (χ4n) is 5.40. The lowest BCUT2D eigenvalue weighted by atomic mass is 9.83. The van der Waals surface area contributed by atoms with Crippen LogP contribution in [0.15, 0.2) is 36.4 Å². The van der Waals surface area contributed by atoms with Gasteiger partial charge in [0, 0.05) is 26.6 Å². The van der Waals surface area contributed by atoms with Crippen LogP contribution in [0.3, 0.4) is 0 Å². The number of anilines is 4. The molecule has 2 fully saturated rings. The van der Waals surface area contributed by atoms with E-state index in [2.05, 4.69) is 20.4 Å². The summed E-state index contributed by atoms with van der Waals surface area (Å²) in [5.41, 5.74) is 2.87. The zero-order valence-electron chi connectivity index (χ0n) is 24.3. The Morgan fingerprint density at radius 3 is 2.32 bits per heavy atom. The molecule has 9 nitrogen and oxygen atoms in total. The third-order valence-corrected chi connectivity index (χ3v) is 8.17. The minimum absolute atomic E-state index is 0.303. The maximum Gasteiger partial charge on any atom is 0.264 e. The normalized spacial score (nSPS) is 18.5. The van der Waals surface area contributed by atoms with Crippen LogP contribution < -0.4 is 15.5 Å². The van der Waals surface area contributed by atoms with Crippen molar-refractivity contribution in [2.75, 3.05) is 54.9 Å². The van der Waals surface area contributed by atoms with E-state index in [4.69, 9.17) is 19.7 Å². The van der Waals surface area contributed by atoms with Gasteiger partial charge in [0.25, 0.3) is 5.92 Å². The summed E-state index contributed by atoms with van der Waals surface area (Å²) in [6.45, 7) is 11.3. The molecule has 0 spiro atoms. The first-order valence-electron chi connectivity index (χ1n) is 14.4. The fraction of sp³-hybridized carbons (Fsp3) is 0.567. The van der Waals surface area contributed by atoms with Crippen molar-refractivity contribution in [3.8, 4) is 0 Å². The lowest BCUT2D eigenvalue weighted by molar-refractivity contribution is -0.0137. The fourth-order valence-corrected chi connectivity index (χ4v) is 5.40. The van der Waals surface area contributed by atoms with Crippen LogP contribution in [-0.4, -0.2) is 81.9 Å². The molecule has 1 unspecified atom stereocenters. The van der Waals surface area contributed by atoms with E-state index < -0.39 is 17.6 Å². The molecule has 222 valence electrons. The number of alkyl halides is 2. The second kappa shape index (κ2) is 12.0. The Morgan fingerprint density at radius 2 is 1.66 bits per heavy atom. The van der Waals surface area contributed by atoms with Gasteiger partial charge in [-0.1, -0.05) is 12.1 Å². The van der Waals surface area contributed by atoms with Gasteiger partial charge in [0.1, 0.15) is 5.52 Å². The first-order chi connectivity index (χ1) is 19.5. The van der Waals surface area contributed by atoms with Crippen molar-refractivity contribution in [3.05, 3.63) is 42.1 Å². The maximum atomic E-state index is 13.9. The predicted octanol–water partition coefficient (Wildman–Crippen LogP) is 5.04. The van der Waals surface area contributed by atoms with Crippen molar-refractivity contribution in [1.82, 2.24) is 19.9 Å². The van der Waals surface area contributed by atoms with Crippen molar-refractivity contribution in [3.63, 3.8) is 0 Å². The SMILES string of the molecule is CC(Nc1ccccc1Nc1nc(N2CCOCC2)c2nc(CN3CCC(C(C)(C)O)CC3)ccc2n1)C(C)(F)F. The molecule has 2 aliphatic heterocycles. The summed E-state index contributed by atoms with van der Waals surface area (Å²) in [5.74, 6) is -1.49. The van der Waals surface area contributed by atoms with E-state index >= 15 is 0 Å². The molecule has 0 saturated carbocycles. The number of ether oxygens (including phenoxy) is 1. The predicted molar refractivity (Wildman–Crippen MR) is 158 cm³/mol. The van der Waals surface area contributed by atoms with Crippen LogP contribution in [0.1, 0.15) is 46.2 Å². The third kappa shape index (κ3) is 7.20. The number of pyridine rings is 1. The molecule has 2 aromatic heterocycles. The molecular formula is C30H41F2N7O2. The highest BCUT2D eigenvalue weighted by atomic mass is 19.3. The van der Waals surface area contributed by atoms with Crippen LogP contribution in [0.25, 0.3) is 11.0 Å². The molecule has 3 aromatic rings. The van der Waals surface area contributed by atoms with E-state index in [0.29, 0.717) is 55.1 Å². The number of morpholine rings is 1. The van der Waals surface area contributed by atoms with Crippen molar-refractivity contribution >= 4 is 34.2 Å². The topological polar surface area (TPSA) is 98.7 Å². The van der Waals surface area contributed by atoms with Crippen molar-refractivity contribution in [1.29, 1.82) is 0 Å². The second-order valence-corrected chi connectivity index (χ2v) is 11.8. The number of para-hydroxylation sites is 2. The highest BCUT2D eigenvalue weighted by Crippen LogP contribution is 2.32. The van der Waals surface area contributed by atoms with E-state index in [1.165, 1.54) is 6.92 Å². The van der Waals surface area contributed by atoms with Gasteiger partial charge < -0.3 is 25.4 Å². The Labute approximate surface area is 240 Å². The quantitative estimate of drug-likeness (QED) is 0.327. The number of piperidine rings is 1.